The maximum absolute atomic E-state index is 12.6. The van der Waals surface area contributed by atoms with E-state index in [-0.39, 0.29) is 18.2 Å². The van der Waals surface area contributed by atoms with Crippen molar-refractivity contribution in [2.24, 2.45) is 0 Å². The molecule has 3 rings (SSSR count). The summed E-state index contributed by atoms with van der Waals surface area (Å²) in [5.41, 5.74) is 0.428. The van der Waals surface area contributed by atoms with Crippen LogP contribution in [0.4, 0.5) is 5.69 Å². The smallest absolute Gasteiger partial charge is 0.247 e. The highest BCUT2D eigenvalue weighted by atomic mass is 32.2. The lowest BCUT2D eigenvalue weighted by molar-refractivity contribution is -0.121. The number of nitrogens with one attached hydrogen (secondary N) is 1. The molecule has 0 radical (unpaired) electrons. The van der Waals surface area contributed by atoms with Gasteiger partial charge >= 0.3 is 0 Å². The predicted molar refractivity (Wildman–Crippen MR) is 82.7 cm³/mol. The van der Waals surface area contributed by atoms with Crippen LogP contribution in [0.1, 0.15) is 6.42 Å². The van der Waals surface area contributed by atoms with E-state index >= 15 is 0 Å². The number of hydrogen-bond acceptors (Lipinski definition) is 7. The SMILES string of the molecule is COc1cc(OC)cc(N2C(=O)CC(Sc3ncn[nH]3)C2=O)c1. The fraction of sp³-hybridized carbons (Fsp3) is 0.286. The lowest BCUT2D eigenvalue weighted by Crippen LogP contribution is -2.31. The molecule has 2 heterocycles. The topological polar surface area (TPSA) is 97.4 Å². The van der Waals surface area contributed by atoms with Crippen LogP contribution < -0.4 is 14.4 Å². The Labute approximate surface area is 136 Å². The van der Waals surface area contributed by atoms with Gasteiger partial charge in [0.15, 0.2) is 5.16 Å². The Balaban J connectivity index is 1.88. The van der Waals surface area contributed by atoms with Gasteiger partial charge in [-0.05, 0) is 0 Å². The van der Waals surface area contributed by atoms with Gasteiger partial charge in [0, 0.05) is 24.6 Å². The molecule has 1 atom stereocenters. The van der Waals surface area contributed by atoms with Crippen LogP contribution in [-0.2, 0) is 9.59 Å². The molecule has 1 saturated heterocycles. The molecular weight excluding hydrogens is 320 g/mol. The van der Waals surface area contributed by atoms with Crippen molar-refractivity contribution in [3.8, 4) is 11.5 Å². The second-order valence-corrected chi connectivity index (χ2v) is 5.93. The van der Waals surface area contributed by atoms with Gasteiger partial charge in [0.05, 0.1) is 19.9 Å². The van der Waals surface area contributed by atoms with E-state index in [2.05, 4.69) is 15.2 Å². The van der Waals surface area contributed by atoms with E-state index in [9.17, 15) is 9.59 Å². The maximum Gasteiger partial charge on any atom is 0.247 e. The second kappa shape index (κ2) is 6.29. The Morgan fingerprint density at radius 3 is 2.48 bits per heavy atom. The van der Waals surface area contributed by atoms with Gasteiger partial charge < -0.3 is 9.47 Å². The van der Waals surface area contributed by atoms with Crippen LogP contribution in [0.25, 0.3) is 0 Å². The molecule has 1 N–H and O–H groups in total. The Morgan fingerprint density at radius 2 is 1.91 bits per heavy atom. The summed E-state index contributed by atoms with van der Waals surface area (Å²) in [6.45, 7) is 0. The number of hydrogen-bond donors (Lipinski definition) is 1. The summed E-state index contributed by atoms with van der Waals surface area (Å²) in [5.74, 6) is 0.437. The Morgan fingerprint density at radius 1 is 1.22 bits per heavy atom. The van der Waals surface area contributed by atoms with Crippen LogP contribution in [0.15, 0.2) is 29.7 Å². The first-order valence-electron chi connectivity index (χ1n) is 6.74. The standard InChI is InChI=1S/C14H14N4O4S/c1-21-9-3-8(4-10(5-9)22-2)18-12(19)6-11(13(18)20)23-14-15-7-16-17-14/h3-5,7,11H,6H2,1-2H3,(H,15,16,17). The highest BCUT2D eigenvalue weighted by Gasteiger charge is 2.41. The molecule has 2 aromatic rings. The van der Waals surface area contributed by atoms with Gasteiger partial charge in [-0.2, -0.15) is 5.10 Å². The van der Waals surface area contributed by atoms with Crippen molar-refractivity contribution in [3.05, 3.63) is 24.5 Å². The average Bonchev–Trinajstić information content (AvgIpc) is 3.15. The number of rotatable bonds is 5. The van der Waals surface area contributed by atoms with Gasteiger partial charge in [-0.1, -0.05) is 11.8 Å². The largest absolute Gasteiger partial charge is 0.497 e. The summed E-state index contributed by atoms with van der Waals surface area (Å²) in [5, 5.41) is 6.37. The average molecular weight is 334 g/mol. The Kier molecular flexibility index (Phi) is 4.20. The number of carbonyl (C=O) groups is 2. The molecule has 1 aliphatic rings. The predicted octanol–water partition coefficient (Wildman–Crippen LogP) is 1.25. The Bertz CT molecular complexity index is 712. The molecule has 1 aromatic carbocycles. The summed E-state index contributed by atoms with van der Waals surface area (Å²) in [4.78, 5) is 30.0. The number of ether oxygens (including phenoxy) is 2. The first kappa shape index (κ1) is 15.3. The normalized spacial score (nSPS) is 17.7. The second-order valence-electron chi connectivity index (χ2n) is 4.74. The summed E-state index contributed by atoms with van der Waals surface area (Å²) >= 11 is 1.18. The van der Waals surface area contributed by atoms with Crippen molar-refractivity contribution in [3.63, 3.8) is 0 Å². The van der Waals surface area contributed by atoms with Gasteiger partial charge in [-0.3, -0.25) is 14.7 Å². The van der Waals surface area contributed by atoms with Gasteiger partial charge in [-0.25, -0.2) is 9.88 Å². The molecule has 9 heteroatoms. The van der Waals surface area contributed by atoms with Gasteiger partial charge in [-0.15, -0.1) is 0 Å². The number of aromatic amines is 1. The molecule has 0 spiro atoms. The molecule has 23 heavy (non-hydrogen) atoms. The molecule has 0 bridgehead atoms. The van der Waals surface area contributed by atoms with Crippen molar-refractivity contribution < 1.29 is 19.1 Å². The van der Waals surface area contributed by atoms with Crippen LogP contribution in [0, 0.1) is 0 Å². The van der Waals surface area contributed by atoms with Crippen LogP contribution in [0.2, 0.25) is 0 Å². The van der Waals surface area contributed by atoms with E-state index in [0.29, 0.717) is 22.3 Å². The van der Waals surface area contributed by atoms with Crippen molar-refractivity contribution in [1.82, 2.24) is 15.2 Å². The molecular formula is C14H14N4O4S. The van der Waals surface area contributed by atoms with Gasteiger partial charge in [0.25, 0.3) is 0 Å². The quantitative estimate of drug-likeness (QED) is 0.822. The fourth-order valence-corrected chi connectivity index (χ4v) is 3.19. The lowest BCUT2D eigenvalue weighted by Gasteiger charge is -2.16. The number of aromatic nitrogens is 3. The Hall–Kier alpha value is -2.55. The molecule has 1 fully saturated rings. The first-order valence-corrected chi connectivity index (χ1v) is 7.62. The third-order valence-corrected chi connectivity index (χ3v) is 4.42. The third kappa shape index (κ3) is 3.00. The minimum Gasteiger partial charge on any atom is -0.497 e. The van der Waals surface area contributed by atoms with Crippen LogP contribution in [-0.4, -0.2) is 46.5 Å². The lowest BCUT2D eigenvalue weighted by atomic mass is 10.2. The molecule has 2 amide bonds. The highest BCUT2D eigenvalue weighted by Crippen LogP contribution is 2.35. The van der Waals surface area contributed by atoms with Gasteiger partial charge in [0.1, 0.15) is 23.1 Å². The number of carbonyl (C=O) groups excluding carboxylic acids is 2. The minimum absolute atomic E-state index is 0.101. The van der Waals surface area contributed by atoms with Crippen molar-refractivity contribution >= 4 is 29.3 Å². The minimum atomic E-state index is -0.535. The number of amides is 2. The molecule has 120 valence electrons. The van der Waals surface area contributed by atoms with Crippen molar-refractivity contribution in [2.45, 2.75) is 16.8 Å². The summed E-state index contributed by atoms with van der Waals surface area (Å²) in [6.07, 6.45) is 1.46. The third-order valence-electron chi connectivity index (χ3n) is 3.35. The van der Waals surface area contributed by atoms with E-state index in [1.165, 1.54) is 32.3 Å². The number of thioether (sulfide) groups is 1. The maximum atomic E-state index is 12.6. The first-order chi connectivity index (χ1) is 11.1. The van der Waals surface area contributed by atoms with Crippen LogP contribution in [0.5, 0.6) is 11.5 Å². The van der Waals surface area contributed by atoms with Crippen LogP contribution >= 0.6 is 11.8 Å². The summed E-state index contributed by atoms with van der Waals surface area (Å²) < 4.78 is 10.4. The number of benzene rings is 1. The molecule has 1 aliphatic heterocycles. The molecule has 1 unspecified atom stereocenters. The highest BCUT2D eigenvalue weighted by molar-refractivity contribution is 8.00. The summed E-state index contributed by atoms with van der Waals surface area (Å²) in [7, 11) is 3.02. The van der Waals surface area contributed by atoms with Gasteiger partial charge in [0.2, 0.25) is 11.8 Å². The van der Waals surface area contributed by atoms with E-state index in [1.807, 2.05) is 0 Å². The fourth-order valence-electron chi connectivity index (χ4n) is 2.27. The van der Waals surface area contributed by atoms with Crippen LogP contribution in [0.3, 0.4) is 0 Å². The number of anilines is 1. The van der Waals surface area contributed by atoms with Crippen molar-refractivity contribution in [1.29, 1.82) is 0 Å². The molecule has 0 aliphatic carbocycles. The monoisotopic (exact) mass is 334 g/mol. The zero-order valence-electron chi connectivity index (χ0n) is 12.5. The number of nitrogens with zero attached hydrogens (tertiary/aromatic N) is 3. The van der Waals surface area contributed by atoms with E-state index in [4.69, 9.17) is 9.47 Å². The molecule has 0 saturated carbocycles. The zero-order valence-corrected chi connectivity index (χ0v) is 13.3. The van der Waals surface area contributed by atoms with E-state index in [1.54, 1.807) is 18.2 Å². The molecule has 1 aromatic heterocycles. The zero-order chi connectivity index (χ0) is 16.4. The molecule has 8 nitrogen and oxygen atoms in total. The summed E-state index contributed by atoms with van der Waals surface area (Å²) in [6, 6.07) is 4.93. The van der Waals surface area contributed by atoms with E-state index in [0.717, 1.165) is 4.90 Å². The number of methoxy groups -OCH3 is 2. The van der Waals surface area contributed by atoms with Crippen molar-refractivity contribution in [2.75, 3.05) is 19.1 Å². The van der Waals surface area contributed by atoms with E-state index < -0.39 is 5.25 Å². The number of imide groups is 1. The number of H-pyrrole nitrogens is 1.